The minimum atomic E-state index is -4.66. The van der Waals surface area contributed by atoms with E-state index in [4.69, 9.17) is 0 Å². The van der Waals surface area contributed by atoms with Crippen LogP contribution in [0, 0.1) is 5.92 Å². The van der Waals surface area contributed by atoms with E-state index in [0.717, 1.165) is 21.6 Å². The quantitative estimate of drug-likeness (QED) is 0.264. The van der Waals surface area contributed by atoms with Gasteiger partial charge in [-0.05, 0) is 30.2 Å². The molecule has 0 saturated carbocycles. The van der Waals surface area contributed by atoms with Crippen LogP contribution >= 0.6 is 0 Å². The minimum absolute atomic E-state index is 0.0219. The molecule has 37 heavy (non-hydrogen) atoms. The SMILES string of the molecule is CC(CNNc1cnc2c3c(cccc13)C(=O)N2)CC(=O)Nc1ccc(-n2nccn2)c(C(F)(F)F)c1. The third-order valence-corrected chi connectivity index (χ3v) is 5.82. The number of nitrogens with zero attached hydrogens (tertiary/aromatic N) is 4. The van der Waals surface area contributed by atoms with Crippen molar-refractivity contribution in [3.05, 3.63) is 66.1 Å². The van der Waals surface area contributed by atoms with Crippen LogP contribution in [0.15, 0.2) is 55.0 Å². The fraction of sp³-hybridized carbons (Fsp3) is 0.208. The summed E-state index contributed by atoms with van der Waals surface area (Å²) in [7, 11) is 0. The van der Waals surface area contributed by atoms with Crippen molar-refractivity contribution in [2.24, 2.45) is 5.92 Å². The van der Waals surface area contributed by atoms with Gasteiger partial charge in [0.15, 0.2) is 0 Å². The van der Waals surface area contributed by atoms with Gasteiger partial charge in [-0.2, -0.15) is 28.2 Å². The number of amides is 2. The second-order valence-electron chi connectivity index (χ2n) is 8.61. The monoisotopic (exact) mass is 510 g/mol. The first-order valence-corrected chi connectivity index (χ1v) is 11.3. The highest BCUT2D eigenvalue weighted by atomic mass is 19.4. The normalized spacial score (nSPS) is 13.5. The van der Waals surface area contributed by atoms with Gasteiger partial charge in [0.05, 0.1) is 41.1 Å². The second-order valence-corrected chi connectivity index (χ2v) is 8.61. The maximum Gasteiger partial charge on any atom is 0.418 e. The summed E-state index contributed by atoms with van der Waals surface area (Å²) in [6.07, 6.45) is -0.440. The number of pyridine rings is 1. The van der Waals surface area contributed by atoms with Crippen LogP contribution in [0.2, 0.25) is 0 Å². The first kappa shape index (κ1) is 24.2. The lowest BCUT2D eigenvalue weighted by molar-refractivity contribution is -0.137. The Morgan fingerprint density at radius 3 is 2.70 bits per heavy atom. The molecule has 5 rings (SSSR count). The maximum absolute atomic E-state index is 13.6. The van der Waals surface area contributed by atoms with Gasteiger partial charge in [-0.3, -0.25) is 9.59 Å². The van der Waals surface area contributed by atoms with Gasteiger partial charge in [-0.25, -0.2) is 10.4 Å². The molecule has 2 aromatic carbocycles. The molecular formula is C24H21F3N8O2. The largest absolute Gasteiger partial charge is 0.418 e. The molecule has 13 heteroatoms. The van der Waals surface area contributed by atoms with Gasteiger partial charge in [0.2, 0.25) is 5.91 Å². The van der Waals surface area contributed by atoms with Gasteiger partial charge < -0.3 is 16.1 Å². The molecule has 4 aromatic rings. The van der Waals surface area contributed by atoms with Crippen molar-refractivity contribution in [3.8, 4) is 5.69 Å². The number of aromatic nitrogens is 4. The van der Waals surface area contributed by atoms with E-state index in [1.54, 1.807) is 18.3 Å². The van der Waals surface area contributed by atoms with Crippen molar-refractivity contribution in [1.29, 1.82) is 0 Å². The summed E-state index contributed by atoms with van der Waals surface area (Å²) in [5, 5.41) is 14.3. The number of nitrogens with one attached hydrogen (secondary N) is 4. The smallest absolute Gasteiger partial charge is 0.326 e. The molecule has 10 nitrogen and oxygen atoms in total. The van der Waals surface area contributed by atoms with Gasteiger partial charge in [-0.15, -0.1) is 0 Å². The highest BCUT2D eigenvalue weighted by Gasteiger charge is 2.35. The Kier molecular flexibility index (Phi) is 6.21. The van der Waals surface area contributed by atoms with E-state index in [0.29, 0.717) is 23.6 Å². The number of anilines is 3. The highest BCUT2D eigenvalue weighted by Crippen LogP contribution is 2.36. The van der Waals surface area contributed by atoms with Crippen molar-refractivity contribution in [3.63, 3.8) is 0 Å². The standard InChI is InChI=1S/C24H21F3N8O2/c1-13(11-29-34-18-12-28-22-21-15(18)3-2-4-16(21)23(37)33-22)9-20(36)32-14-5-6-19(35-30-7-8-31-35)17(10-14)24(25,26)27/h2-8,10,12-13,29,34H,9,11H2,1H3,(H,32,36)(H,28,33,37). The van der Waals surface area contributed by atoms with Crippen molar-refractivity contribution in [2.45, 2.75) is 19.5 Å². The summed E-state index contributed by atoms with van der Waals surface area (Å²) in [5.74, 6) is -0.277. The van der Waals surface area contributed by atoms with Crippen molar-refractivity contribution < 1.29 is 22.8 Å². The van der Waals surface area contributed by atoms with E-state index in [9.17, 15) is 22.8 Å². The maximum atomic E-state index is 13.6. The number of benzene rings is 2. The molecule has 1 aliphatic heterocycles. The zero-order chi connectivity index (χ0) is 26.2. The number of rotatable bonds is 8. The molecule has 0 radical (unpaired) electrons. The van der Waals surface area contributed by atoms with Gasteiger partial charge in [0, 0.05) is 29.4 Å². The van der Waals surface area contributed by atoms with E-state index in [2.05, 4.69) is 36.7 Å². The average Bonchev–Trinajstić information content (AvgIpc) is 3.49. The highest BCUT2D eigenvalue weighted by molar-refractivity contribution is 6.24. The zero-order valence-corrected chi connectivity index (χ0v) is 19.4. The molecule has 1 aliphatic rings. The van der Waals surface area contributed by atoms with Crippen LogP contribution in [0.3, 0.4) is 0 Å². The minimum Gasteiger partial charge on any atom is -0.326 e. The lowest BCUT2D eigenvalue weighted by atomic mass is 10.1. The topological polar surface area (TPSA) is 126 Å². The molecule has 0 saturated heterocycles. The Morgan fingerprint density at radius 1 is 1.16 bits per heavy atom. The van der Waals surface area contributed by atoms with E-state index >= 15 is 0 Å². The second kappa shape index (κ2) is 9.50. The number of alkyl halides is 3. The van der Waals surface area contributed by atoms with Gasteiger partial charge >= 0.3 is 6.18 Å². The predicted molar refractivity (Wildman–Crippen MR) is 130 cm³/mol. The van der Waals surface area contributed by atoms with Gasteiger partial charge in [-0.1, -0.05) is 19.1 Å². The molecule has 0 spiro atoms. The van der Waals surface area contributed by atoms with E-state index in [1.807, 2.05) is 13.0 Å². The Bertz CT molecular complexity index is 1490. The summed E-state index contributed by atoms with van der Waals surface area (Å²) in [4.78, 5) is 29.7. The molecule has 0 fully saturated rings. The van der Waals surface area contributed by atoms with Crippen LogP contribution in [0.1, 0.15) is 29.3 Å². The summed E-state index contributed by atoms with van der Waals surface area (Å²) in [6, 6.07) is 8.83. The molecule has 1 atom stereocenters. The lowest BCUT2D eigenvalue weighted by Crippen LogP contribution is -2.29. The predicted octanol–water partition coefficient (Wildman–Crippen LogP) is 3.98. The lowest BCUT2D eigenvalue weighted by Gasteiger charge is -2.16. The number of halogens is 3. The summed E-state index contributed by atoms with van der Waals surface area (Å²) in [5.41, 5.74) is 6.14. The average molecular weight is 510 g/mol. The zero-order valence-electron chi connectivity index (χ0n) is 19.4. The van der Waals surface area contributed by atoms with Crippen molar-refractivity contribution >= 4 is 39.8 Å². The summed E-state index contributed by atoms with van der Waals surface area (Å²) >= 11 is 0. The molecule has 190 valence electrons. The number of carbonyl (C=O) groups is 2. The van der Waals surface area contributed by atoms with E-state index < -0.39 is 17.6 Å². The summed E-state index contributed by atoms with van der Waals surface area (Å²) < 4.78 is 40.8. The van der Waals surface area contributed by atoms with Crippen molar-refractivity contribution in [2.75, 3.05) is 22.6 Å². The molecule has 2 amide bonds. The molecule has 1 unspecified atom stereocenters. The number of carbonyl (C=O) groups excluding carboxylic acids is 2. The van der Waals surface area contributed by atoms with Gasteiger partial charge in [0.1, 0.15) is 5.82 Å². The number of hydrazine groups is 1. The molecule has 0 aliphatic carbocycles. The Labute approximate surface area is 208 Å². The van der Waals surface area contributed by atoms with E-state index in [1.165, 1.54) is 24.5 Å². The van der Waals surface area contributed by atoms with E-state index in [-0.39, 0.29) is 29.6 Å². The van der Waals surface area contributed by atoms with Gasteiger partial charge in [0.25, 0.3) is 5.91 Å². The van der Waals surface area contributed by atoms with Crippen LogP contribution in [0.25, 0.3) is 16.5 Å². The molecule has 0 bridgehead atoms. The fourth-order valence-corrected chi connectivity index (χ4v) is 4.13. The molecular weight excluding hydrogens is 489 g/mol. The van der Waals surface area contributed by atoms with Crippen LogP contribution in [0.5, 0.6) is 0 Å². The Morgan fingerprint density at radius 2 is 1.95 bits per heavy atom. The number of hydrogen-bond acceptors (Lipinski definition) is 7. The van der Waals surface area contributed by atoms with Crippen molar-refractivity contribution in [1.82, 2.24) is 25.4 Å². The Balaban J connectivity index is 1.19. The molecule has 3 heterocycles. The fourth-order valence-electron chi connectivity index (χ4n) is 4.13. The third kappa shape index (κ3) is 4.93. The van der Waals surface area contributed by atoms with Crippen LogP contribution < -0.4 is 21.5 Å². The Hall–Kier alpha value is -4.52. The molecule has 2 aromatic heterocycles. The van der Waals surface area contributed by atoms with Crippen LogP contribution in [-0.4, -0.2) is 38.3 Å². The molecule has 4 N–H and O–H groups in total. The first-order valence-electron chi connectivity index (χ1n) is 11.3. The van der Waals surface area contributed by atoms with Crippen LogP contribution in [0.4, 0.5) is 30.4 Å². The van der Waals surface area contributed by atoms with Crippen LogP contribution in [-0.2, 0) is 11.0 Å². The third-order valence-electron chi connectivity index (χ3n) is 5.82. The summed E-state index contributed by atoms with van der Waals surface area (Å²) in [6.45, 7) is 2.21. The first-order chi connectivity index (χ1) is 17.7. The number of hydrogen-bond donors (Lipinski definition) is 4.